The highest BCUT2D eigenvalue weighted by atomic mass is 16.3. The van der Waals surface area contributed by atoms with Gasteiger partial charge in [-0.3, -0.25) is 9.69 Å². The van der Waals surface area contributed by atoms with Crippen molar-refractivity contribution in [2.24, 2.45) is 0 Å². The fraction of sp³-hybridized carbons (Fsp3) is 0.429. The summed E-state index contributed by atoms with van der Waals surface area (Å²) in [5.41, 5.74) is 1.66. The van der Waals surface area contributed by atoms with E-state index in [0.717, 1.165) is 24.2 Å². The lowest BCUT2D eigenvalue weighted by molar-refractivity contribution is -0.117. The number of nitrogens with one attached hydrogen (secondary N) is 1. The molecule has 0 bridgehead atoms. The predicted molar refractivity (Wildman–Crippen MR) is 71.5 cm³/mol. The minimum absolute atomic E-state index is 0.0814. The van der Waals surface area contributed by atoms with Crippen molar-refractivity contribution in [2.45, 2.75) is 18.9 Å². The molecule has 1 atom stereocenters. The second kappa shape index (κ2) is 6.32. The first-order chi connectivity index (χ1) is 9.17. The molecule has 0 spiro atoms. The number of nitrogens with zero attached hydrogens (tertiary/aromatic N) is 2. The number of anilines is 1. The van der Waals surface area contributed by atoms with Crippen LogP contribution in [-0.4, -0.2) is 41.7 Å². The average Bonchev–Trinajstić information content (AvgIpc) is 2.77. The van der Waals surface area contributed by atoms with Gasteiger partial charge in [-0.25, -0.2) is 0 Å². The zero-order valence-corrected chi connectivity index (χ0v) is 10.7. The van der Waals surface area contributed by atoms with Crippen LogP contribution >= 0.6 is 0 Å². The lowest BCUT2D eigenvalue weighted by atomic mass is 10.1. The van der Waals surface area contributed by atoms with Crippen LogP contribution in [0.1, 0.15) is 12.0 Å². The quantitative estimate of drug-likeness (QED) is 0.837. The molecule has 0 radical (unpaired) electrons. The van der Waals surface area contributed by atoms with Crippen LogP contribution in [0.5, 0.6) is 0 Å². The van der Waals surface area contributed by atoms with Gasteiger partial charge in [0.2, 0.25) is 5.91 Å². The molecule has 2 N–H and O–H groups in total. The van der Waals surface area contributed by atoms with Gasteiger partial charge in [0.1, 0.15) is 0 Å². The predicted octanol–water partition coefficient (Wildman–Crippen LogP) is 0.758. The van der Waals surface area contributed by atoms with Crippen molar-refractivity contribution in [2.75, 3.05) is 25.0 Å². The van der Waals surface area contributed by atoms with E-state index in [-0.39, 0.29) is 12.0 Å². The summed E-state index contributed by atoms with van der Waals surface area (Å²) in [6, 6.07) is 9.33. The van der Waals surface area contributed by atoms with Crippen molar-refractivity contribution in [3.05, 3.63) is 29.8 Å². The third-order valence-electron chi connectivity index (χ3n) is 3.14. The van der Waals surface area contributed by atoms with Gasteiger partial charge in [0.05, 0.1) is 25.1 Å². The maximum atomic E-state index is 11.8. The Labute approximate surface area is 112 Å². The average molecular weight is 259 g/mol. The minimum Gasteiger partial charge on any atom is -0.392 e. The van der Waals surface area contributed by atoms with Gasteiger partial charge in [0.25, 0.3) is 0 Å². The van der Waals surface area contributed by atoms with E-state index in [0.29, 0.717) is 19.5 Å². The van der Waals surface area contributed by atoms with Crippen molar-refractivity contribution in [3.8, 4) is 6.07 Å². The third-order valence-corrected chi connectivity index (χ3v) is 3.14. The van der Waals surface area contributed by atoms with E-state index in [9.17, 15) is 9.90 Å². The molecule has 5 heteroatoms. The molecule has 0 aliphatic carbocycles. The van der Waals surface area contributed by atoms with E-state index >= 15 is 0 Å². The highest BCUT2D eigenvalue weighted by Gasteiger charge is 2.21. The molecule has 1 amide bonds. The summed E-state index contributed by atoms with van der Waals surface area (Å²) < 4.78 is 0. The second-order valence-corrected chi connectivity index (χ2v) is 4.76. The van der Waals surface area contributed by atoms with Crippen LogP contribution in [-0.2, 0) is 11.2 Å². The number of carbonyl (C=O) groups is 1. The Morgan fingerprint density at radius 3 is 2.79 bits per heavy atom. The van der Waals surface area contributed by atoms with Crippen molar-refractivity contribution in [3.63, 3.8) is 0 Å². The Kier molecular flexibility index (Phi) is 4.50. The summed E-state index contributed by atoms with van der Waals surface area (Å²) in [5, 5.41) is 20.8. The minimum atomic E-state index is -0.307. The van der Waals surface area contributed by atoms with Gasteiger partial charge in [-0.2, -0.15) is 5.26 Å². The number of carbonyl (C=O) groups excluding carboxylic acids is 1. The molecule has 1 fully saturated rings. The zero-order chi connectivity index (χ0) is 13.7. The number of benzene rings is 1. The molecule has 5 nitrogen and oxygen atoms in total. The van der Waals surface area contributed by atoms with Crippen LogP contribution in [0.25, 0.3) is 0 Å². The number of β-amino-alcohol motifs (C(OH)–C–C–N with tert-alkyl or cyclic N) is 1. The molecule has 0 aromatic heterocycles. The van der Waals surface area contributed by atoms with Gasteiger partial charge in [-0.15, -0.1) is 0 Å². The second-order valence-electron chi connectivity index (χ2n) is 4.76. The van der Waals surface area contributed by atoms with E-state index in [2.05, 4.69) is 11.4 Å². The summed E-state index contributed by atoms with van der Waals surface area (Å²) in [4.78, 5) is 13.7. The smallest absolute Gasteiger partial charge is 0.238 e. The van der Waals surface area contributed by atoms with E-state index < -0.39 is 0 Å². The summed E-state index contributed by atoms with van der Waals surface area (Å²) in [6.45, 7) is 1.63. The first-order valence-corrected chi connectivity index (χ1v) is 6.33. The molecule has 1 aromatic rings. The first-order valence-electron chi connectivity index (χ1n) is 6.33. The Morgan fingerprint density at radius 2 is 2.21 bits per heavy atom. The topological polar surface area (TPSA) is 76.4 Å². The highest BCUT2D eigenvalue weighted by Crippen LogP contribution is 2.11. The van der Waals surface area contributed by atoms with Crippen LogP contribution in [0, 0.1) is 11.3 Å². The molecule has 1 heterocycles. The fourth-order valence-electron chi connectivity index (χ4n) is 2.16. The Hall–Kier alpha value is -1.90. The molecule has 0 saturated carbocycles. The third kappa shape index (κ3) is 4.05. The number of hydrogen-bond acceptors (Lipinski definition) is 4. The van der Waals surface area contributed by atoms with Crippen LogP contribution in [0.2, 0.25) is 0 Å². The normalized spacial score (nSPS) is 19.1. The zero-order valence-electron chi connectivity index (χ0n) is 10.7. The number of likely N-dealkylation sites (tertiary alicyclic amines) is 1. The van der Waals surface area contributed by atoms with Gasteiger partial charge >= 0.3 is 0 Å². The van der Waals surface area contributed by atoms with Crippen molar-refractivity contribution in [1.29, 1.82) is 5.26 Å². The Balaban J connectivity index is 1.83. The molecule has 1 saturated heterocycles. The fourth-order valence-corrected chi connectivity index (χ4v) is 2.16. The lowest BCUT2D eigenvalue weighted by Gasteiger charge is -2.14. The van der Waals surface area contributed by atoms with Gasteiger partial charge in [-0.05, 0) is 24.1 Å². The van der Waals surface area contributed by atoms with Gasteiger partial charge in [-0.1, -0.05) is 12.1 Å². The van der Waals surface area contributed by atoms with Crippen molar-refractivity contribution >= 4 is 11.6 Å². The van der Waals surface area contributed by atoms with E-state index in [1.807, 2.05) is 17.0 Å². The number of amides is 1. The highest BCUT2D eigenvalue weighted by molar-refractivity contribution is 5.92. The monoisotopic (exact) mass is 259 g/mol. The van der Waals surface area contributed by atoms with Crippen molar-refractivity contribution < 1.29 is 9.90 Å². The maximum absolute atomic E-state index is 11.8. The van der Waals surface area contributed by atoms with Crippen LogP contribution < -0.4 is 5.32 Å². The van der Waals surface area contributed by atoms with Crippen LogP contribution in [0.3, 0.4) is 0 Å². The molecule has 100 valence electrons. The van der Waals surface area contributed by atoms with Crippen LogP contribution in [0.4, 0.5) is 5.69 Å². The molecule has 1 aliphatic rings. The first kappa shape index (κ1) is 13.5. The summed E-state index contributed by atoms with van der Waals surface area (Å²) >= 11 is 0. The Morgan fingerprint density at radius 1 is 1.47 bits per heavy atom. The molecular weight excluding hydrogens is 242 g/mol. The number of aliphatic hydroxyl groups is 1. The molecule has 1 aliphatic heterocycles. The van der Waals surface area contributed by atoms with Gasteiger partial charge in [0, 0.05) is 18.8 Å². The summed E-state index contributed by atoms with van der Waals surface area (Å²) in [7, 11) is 0. The number of aliphatic hydroxyl groups excluding tert-OH is 1. The largest absolute Gasteiger partial charge is 0.392 e. The number of hydrogen-bond donors (Lipinski definition) is 2. The molecule has 1 aromatic carbocycles. The molecular formula is C14H17N3O2. The lowest BCUT2D eigenvalue weighted by Crippen LogP contribution is -2.32. The summed E-state index contributed by atoms with van der Waals surface area (Å²) in [6.07, 6.45) is 0.800. The number of nitriles is 1. The molecule has 2 rings (SSSR count). The van der Waals surface area contributed by atoms with E-state index in [4.69, 9.17) is 5.26 Å². The van der Waals surface area contributed by atoms with Crippen molar-refractivity contribution in [1.82, 2.24) is 4.90 Å². The Bertz CT molecular complexity index is 478. The van der Waals surface area contributed by atoms with Crippen LogP contribution in [0.15, 0.2) is 24.3 Å². The molecule has 19 heavy (non-hydrogen) atoms. The van der Waals surface area contributed by atoms with Gasteiger partial charge < -0.3 is 10.4 Å². The van der Waals surface area contributed by atoms with E-state index in [1.165, 1.54) is 0 Å². The molecule has 0 unspecified atom stereocenters. The van der Waals surface area contributed by atoms with Gasteiger partial charge in [0.15, 0.2) is 0 Å². The summed E-state index contributed by atoms with van der Waals surface area (Å²) in [5.74, 6) is -0.0814. The number of rotatable bonds is 4. The standard InChI is InChI=1S/C14H17N3O2/c15-7-5-11-1-3-12(4-2-11)16-14(19)10-17-8-6-13(18)9-17/h1-4,13,18H,5-6,8-10H2,(H,16,19)/t13-/m1/s1. The maximum Gasteiger partial charge on any atom is 0.238 e. The van der Waals surface area contributed by atoms with E-state index in [1.54, 1.807) is 12.1 Å². The SMILES string of the molecule is N#CCc1ccc(NC(=O)CN2CC[C@@H](O)C2)cc1.